The molecule has 0 bridgehead atoms. The molecular formula is C41H66O2. The van der Waals surface area contributed by atoms with Gasteiger partial charge in [-0.05, 0) is 98.9 Å². The minimum Gasteiger partial charge on any atom is -0.496 e. The van der Waals surface area contributed by atoms with E-state index in [2.05, 4.69) is 130 Å². The lowest BCUT2D eigenvalue weighted by molar-refractivity contribution is -0.107. The number of aryl methyl sites for hydroxylation is 2. The Kier molecular flexibility index (Phi) is 23.2. The lowest BCUT2D eigenvalue weighted by Gasteiger charge is -2.20. The third-order valence-electron chi connectivity index (χ3n) is 7.16. The second-order valence-corrected chi connectivity index (χ2v) is 13.0. The minimum absolute atomic E-state index is 0.219. The van der Waals surface area contributed by atoms with Gasteiger partial charge in [0.2, 0.25) is 0 Å². The number of rotatable bonds is 6. The first kappa shape index (κ1) is 42.3. The maximum Gasteiger partial charge on any atom is 0.121 e. The monoisotopic (exact) mass is 591 g/mol. The van der Waals surface area contributed by atoms with Gasteiger partial charge in [0.25, 0.3) is 0 Å². The number of hydrogen-bond donors (Lipinski definition) is 0. The molecule has 43 heavy (non-hydrogen) atoms. The second kappa shape index (κ2) is 23.6. The Morgan fingerprint density at radius 3 is 1.95 bits per heavy atom. The molecule has 1 aliphatic carbocycles. The molecule has 0 fully saturated rings. The van der Waals surface area contributed by atoms with E-state index >= 15 is 0 Å². The summed E-state index contributed by atoms with van der Waals surface area (Å²) in [5.74, 6) is 3.21. The molecule has 2 nitrogen and oxygen atoms in total. The third-order valence-corrected chi connectivity index (χ3v) is 7.16. The van der Waals surface area contributed by atoms with E-state index in [-0.39, 0.29) is 5.41 Å². The fourth-order valence-electron chi connectivity index (χ4n) is 4.55. The molecule has 3 atom stereocenters. The molecule has 3 rings (SSSR count). The van der Waals surface area contributed by atoms with Crippen molar-refractivity contribution >= 4 is 6.29 Å². The van der Waals surface area contributed by atoms with Crippen LogP contribution in [0.25, 0.3) is 0 Å². The summed E-state index contributed by atoms with van der Waals surface area (Å²) in [6.07, 6.45) is 12.3. The van der Waals surface area contributed by atoms with E-state index in [9.17, 15) is 4.79 Å². The first-order valence-electron chi connectivity index (χ1n) is 16.2. The van der Waals surface area contributed by atoms with Crippen molar-refractivity contribution in [2.75, 3.05) is 7.11 Å². The average Bonchev–Trinajstić information content (AvgIpc) is 2.94. The number of benzene rings is 2. The Morgan fingerprint density at radius 2 is 1.56 bits per heavy atom. The van der Waals surface area contributed by atoms with Gasteiger partial charge in [-0.15, -0.1) is 6.58 Å². The summed E-state index contributed by atoms with van der Waals surface area (Å²) < 4.78 is 5.21. The summed E-state index contributed by atoms with van der Waals surface area (Å²) >= 11 is 0. The van der Waals surface area contributed by atoms with Crippen molar-refractivity contribution in [2.24, 2.45) is 11.8 Å². The van der Waals surface area contributed by atoms with Gasteiger partial charge in [-0.3, -0.25) is 0 Å². The van der Waals surface area contributed by atoms with Crippen LogP contribution in [0, 0.1) is 25.7 Å². The first-order chi connectivity index (χ1) is 20.1. The lowest BCUT2D eigenvalue weighted by atomic mass is 9.86. The Bertz CT molecular complexity index is 1090. The number of hydrogen-bond acceptors (Lipinski definition) is 2. The predicted molar refractivity (Wildman–Crippen MR) is 194 cm³/mol. The van der Waals surface area contributed by atoms with E-state index in [0.29, 0.717) is 6.42 Å². The quantitative estimate of drug-likeness (QED) is 0.247. The summed E-state index contributed by atoms with van der Waals surface area (Å²) in [5.41, 5.74) is 8.31. The summed E-state index contributed by atoms with van der Waals surface area (Å²) in [7, 11) is 1.71. The van der Waals surface area contributed by atoms with Crippen LogP contribution in [0.2, 0.25) is 0 Å². The zero-order chi connectivity index (χ0) is 33.6. The Labute approximate surface area is 267 Å². The molecule has 3 unspecified atom stereocenters. The molecule has 0 spiro atoms. The van der Waals surface area contributed by atoms with Crippen LogP contribution in [0.1, 0.15) is 130 Å². The van der Waals surface area contributed by atoms with Crippen LogP contribution in [-0.4, -0.2) is 13.4 Å². The molecule has 0 saturated heterocycles. The van der Waals surface area contributed by atoms with Gasteiger partial charge >= 0.3 is 0 Å². The van der Waals surface area contributed by atoms with Crippen molar-refractivity contribution < 1.29 is 9.53 Å². The molecule has 0 N–H and O–H groups in total. The minimum atomic E-state index is 0.219. The van der Waals surface area contributed by atoms with Crippen LogP contribution in [0.15, 0.2) is 78.4 Å². The van der Waals surface area contributed by atoms with Crippen molar-refractivity contribution in [3.8, 4) is 5.75 Å². The normalized spacial score (nSPS) is 15.7. The number of carbonyl (C=O) groups excluding carboxylic acids is 1. The summed E-state index contributed by atoms with van der Waals surface area (Å²) in [5, 5.41) is 0. The van der Waals surface area contributed by atoms with Gasteiger partial charge in [0.1, 0.15) is 12.0 Å². The highest BCUT2D eigenvalue weighted by Gasteiger charge is 2.14. The van der Waals surface area contributed by atoms with Crippen LogP contribution >= 0.6 is 0 Å². The molecule has 0 saturated carbocycles. The Morgan fingerprint density at radius 1 is 1.00 bits per heavy atom. The van der Waals surface area contributed by atoms with Gasteiger partial charge < -0.3 is 9.53 Å². The molecule has 242 valence electrons. The molecule has 0 aromatic heterocycles. The fraction of sp³-hybridized carbons (Fsp3) is 0.537. The Hall–Kier alpha value is -2.87. The molecule has 0 heterocycles. The smallest absolute Gasteiger partial charge is 0.121 e. The zero-order valence-corrected chi connectivity index (χ0v) is 30.4. The van der Waals surface area contributed by atoms with E-state index < -0.39 is 0 Å². The van der Waals surface area contributed by atoms with Crippen molar-refractivity contribution in [1.29, 1.82) is 0 Å². The third kappa shape index (κ3) is 19.9. The molecule has 0 aliphatic heterocycles. The number of allylic oxidation sites excluding steroid dienone is 5. The first-order valence-corrected chi connectivity index (χ1v) is 16.2. The molecule has 2 aromatic rings. The Balaban J connectivity index is 0. The van der Waals surface area contributed by atoms with Crippen LogP contribution in [-0.2, 0) is 10.2 Å². The van der Waals surface area contributed by atoms with Crippen LogP contribution in [0.5, 0.6) is 5.75 Å². The average molecular weight is 591 g/mol. The molecule has 0 amide bonds. The van der Waals surface area contributed by atoms with Crippen LogP contribution < -0.4 is 4.74 Å². The summed E-state index contributed by atoms with van der Waals surface area (Å²) in [6, 6.07) is 15.0. The fourth-order valence-corrected chi connectivity index (χ4v) is 4.55. The van der Waals surface area contributed by atoms with Gasteiger partial charge in [-0.2, -0.15) is 0 Å². The molecule has 2 aromatic carbocycles. The van der Waals surface area contributed by atoms with Gasteiger partial charge in [-0.25, -0.2) is 0 Å². The molecule has 2 heteroatoms. The van der Waals surface area contributed by atoms with E-state index in [1.807, 2.05) is 26.8 Å². The van der Waals surface area contributed by atoms with E-state index in [0.717, 1.165) is 29.8 Å². The van der Waals surface area contributed by atoms with Crippen molar-refractivity contribution in [1.82, 2.24) is 0 Å². The van der Waals surface area contributed by atoms with Crippen molar-refractivity contribution in [2.45, 2.75) is 127 Å². The van der Waals surface area contributed by atoms with Gasteiger partial charge in [-0.1, -0.05) is 128 Å². The van der Waals surface area contributed by atoms with Gasteiger partial charge in [0.05, 0.1) is 7.11 Å². The molecular weight excluding hydrogens is 524 g/mol. The number of carbonyl (C=O) groups is 1. The van der Waals surface area contributed by atoms with Gasteiger partial charge in [0.15, 0.2) is 0 Å². The standard InChI is InChI=1S/C12H18O.C12H18.C10H16.C4H8.C3H6O/c1-9-8-10(12(2,3)4)6-7-11(9)13-5;1-4-7-10(2)12-9-6-5-8-11(12)3;1-4-10-7-8(2)5-6-9(10)3;1-4(2)3;1-2-3-4/h6-8H,1-5H3;5-6,8-10H,4,7H2,1-3H3;5-7,9-10H,4H2,1-3H3;1H2,2-3H3;3H,2H2,1H3. The van der Waals surface area contributed by atoms with Crippen LogP contribution in [0.3, 0.4) is 0 Å². The maximum absolute atomic E-state index is 9.17. The molecule has 0 radical (unpaired) electrons. The number of methoxy groups -OCH3 is 1. The van der Waals surface area contributed by atoms with E-state index in [4.69, 9.17) is 4.74 Å². The van der Waals surface area contributed by atoms with Crippen molar-refractivity contribution in [3.63, 3.8) is 0 Å². The molecule has 1 aliphatic rings. The highest BCUT2D eigenvalue weighted by Crippen LogP contribution is 2.27. The zero-order valence-electron chi connectivity index (χ0n) is 30.4. The SMILES string of the molecule is C=C(C)C.CCC1C=C(C)C=CC1C.CCC=O.CCCC(C)c1ccccc1C.COc1ccc(C(C)(C)C)cc1C. The van der Waals surface area contributed by atoms with E-state index in [1.165, 1.54) is 52.7 Å². The topological polar surface area (TPSA) is 26.3 Å². The largest absolute Gasteiger partial charge is 0.496 e. The highest BCUT2D eigenvalue weighted by molar-refractivity contribution is 5.48. The van der Waals surface area contributed by atoms with E-state index in [1.54, 1.807) is 7.11 Å². The lowest BCUT2D eigenvalue weighted by Crippen LogP contribution is -2.11. The number of aldehydes is 1. The van der Waals surface area contributed by atoms with Crippen LogP contribution in [0.4, 0.5) is 0 Å². The summed E-state index contributed by atoms with van der Waals surface area (Å²) in [6.45, 7) is 31.5. The number of ether oxygens (including phenoxy) is 1. The predicted octanol–water partition coefficient (Wildman–Crippen LogP) is 12.5. The summed E-state index contributed by atoms with van der Waals surface area (Å²) in [4.78, 5) is 9.17. The second-order valence-electron chi connectivity index (χ2n) is 13.0. The maximum atomic E-state index is 9.17. The van der Waals surface area contributed by atoms with Gasteiger partial charge in [0, 0.05) is 6.42 Å². The highest BCUT2D eigenvalue weighted by atomic mass is 16.5. The van der Waals surface area contributed by atoms with Crippen molar-refractivity contribution in [3.05, 3.63) is 101 Å².